The van der Waals surface area contributed by atoms with Crippen molar-refractivity contribution in [3.05, 3.63) is 22.8 Å². The van der Waals surface area contributed by atoms with Crippen molar-refractivity contribution in [2.45, 2.75) is 115 Å². The number of carbonyl (C=O) groups is 3. The van der Waals surface area contributed by atoms with E-state index in [1.807, 2.05) is 34.1 Å². The second-order valence-corrected chi connectivity index (χ2v) is 21.7. The van der Waals surface area contributed by atoms with E-state index in [2.05, 4.69) is 54.1 Å². The molecule has 5 aliphatic rings. The lowest BCUT2D eigenvalue weighted by atomic mass is 9.51. The van der Waals surface area contributed by atoms with Gasteiger partial charge < -0.3 is 29.3 Å². The van der Waals surface area contributed by atoms with Gasteiger partial charge in [0.2, 0.25) is 5.91 Å². The smallest absolute Gasteiger partial charge is 0.241 e. The van der Waals surface area contributed by atoms with E-state index in [4.69, 9.17) is 14.0 Å². The summed E-state index contributed by atoms with van der Waals surface area (Å²) in [6.45, 7) is 15.1. The van der Waals surface area contributed by atoms with Crippen molar-refractivity contribution < 1.29 is 33.5 Å². The van der Waals surface area contributed by atoms with Gasteiger partial charge in [0.1, 0.15) is 17.3 Å². The van der Waals surface area contributed by atoms with E-state index in [1.165, 1.54) is 0 Å². The first kappa shape index (κ1) is 36.2. The van der Waals surface area contributed by atoms with Gasteiger partial charge >= 0.3 is 0 Å². The van der Waals surface area contributed by atoms with Crippen LogP contribution in [0.2, 0.25) is 18.1 Å². The predicted octanol–water partition coefficient (Wildman–Crippen LogP) is 4.44. The van der Waals surface area contributed by atoms with Crippen molar-refractivity contribution in [1.82, 2.24) is 9.80 Å². The number of ether oxygens (including phenoxy) is 1. The summed E-state index contributed by atoms with van der Waals surface area (Å²) in [6, 6.07) is 1.29. The number of likely N-dealkylation sites (tertiary alicyclic amines) is 1. The van der Waals surface area contributed by atoms with E-state index in [0.717, 1.165) is 31.4 Å². The van der Waals surface area contributed by atoms with Crippen LogP contribution in [-0.2, 0) is 25.3 Å². The zero-order valence-corrected chi connectivity index (χ0v) is 32.2. The molecule has 5 unspecified atom stereocenters. The van der Waals surface area contributed by atoms with Crippen LogP contribution in [-0.4, -0.2) is 111 Å². The number of fused-ring (bicyclic) bond motifs is 4. The number of oxime groups is 1. The normalized spacial score (nSPS) is 34.8. The van der Waals surface area contributed by atoms with Gasteiger partial charge in [-0.1, -0.05) is 32.3 Å². The Labute approximate surface area is 292 Å². The Hall–Kier alpha value is -2.64. The quantitative estimate of drug-likeness (QED) is 0.415. The summed E-state index contributed by atoms with van der Waals surface area (Å²) in [7, 11) is 4.78. The minimum atomic E-state index is -2.71. The van der Waals surface area contributed by atoms with Gasteiger partial charge in [-0.3, -0.25) is 19.3 Å². The molecule has 0 aromatic heterocycles. The zero-order valence-electron chi connectivity index (χ0n) is 31.2. The maximum atomic E-state index is 15.1. The van der Waals surface area contributed by atoms with Gasteiger partial charge in [0, 0.05) is 28.8 Å². The highest BCUT2D eigenvalue weighted by molar-refractivity contribution is 6.74. The highest BCUT2D eigenvalue weighted by atomic mass is 28.4. The van der Waals surface area contributed by atoms with Crippen LogP contribution in [0.25, 0.3) is 0 Å². The first-order valence-corrected chi connectivity index (χ1v) is 20.8. The average molecular weight is 697 g/mol. The molecule has 1 saturated heterocycles. The third-order valence-corrected chi connectivity index (χ3v) is 17.4. The van der Waals surface area contributed by atoms with Crippen LogP contribution in [0, 0.1) is 30.6 Å². The number of rotatable bonds is 6. The number of aliphatic hydroxyl groups excluding tert-OH is 1. The summed E-state index contributed by atoms with van der Waals surface area (Å²) >= 11 is 0. The Morgan fingerprint density at radius 1 is 1.20 bits per heavy atom. The van der Waals surface area contributed by atoms with Gasteiger partial charge in [0.05, 0.1) is 36.9 Å². The molecule has 2 aliphatic heterocycles. The van der Waals surface area contributed by atoms with Crippen molar-refractivity contribution in [3.63, 3.8) is 0 Å². The Balaban J connectivity index is 1.47. The van der Waals surface area contributed by atoms with E-state index in [-0.39, 0.29) is 40.5 Å². The van der Waals surface area contributed by atoms with Gasteiger partial charge in [0.15, 0.2) is 26.0 Å². The second-order valence-electron chi connectivity index (χ2n) is 17.0. The van der Waals surface area contributed by atoms with Gasteiger partial charge in [0.25, 0.3) is 0 Å². The number of likely N-dealkylation sites (N-methyl/N-ethyl adjacent to an activating group) is 2. The number of carbonyl (C=O) groups excluding carboxylic acids is 3. The summed E-state index contributed by atoms with van der Waals surface area (Å²) in [6.07, 6.45) is 1.88. The third-order valence-electron chi connectivity index (χ3n) is 13.0. The Kier molecular flexibility index (Phi) is 9.25. The largest absolute Gasteiger partial charge is 0.496 e. The number of hydrogen-bond acceptors (Lipinski definition) is 10. The molecule has 2 heterocycles. The van der Waals surface area contributed by atoms with Crippen LogP contribution in [0.3, 0.4) is 0 Å². The molecule has 3 aliphatic carbocycles. The second kappa shape index (κ2) is 12.5. The summed E-state index contributed by atoms with van der Waals surface area (Å²) in [5, 5.41) is 20.0. The molecule has 6 rings (SSSR count). The number of piperidine rings is 1. The number of aliphatic hydroxyl groups is 1. The SMILES string of the molecule is COc1cc(NC(=O)C2CCCCN2C)c(C)c2c1C[C@H]1C[C@H]3[C@H](N(C)C)C4ON=C(C)C4C(=O)[C@@]3(O[Si](C)(C)C(C)(C)C)C(O)C1C2=O. The van der Waals surface area contributed by atoms with Crippen LogP contribution < -0.4 is 10.1 Å². The molecular weight excluding hydrogens is 641 g/mol. The molecule has 1 aromatic rings. The Bertz CT molecular complexity index is 1570. The summed E-state index contributed by atoms with van der Waals surface area (Å²) in [5.74, 6) is -2.32. The Morgan fingerprint density at radius 3 is 2.51 bits per heavy atom. The molecule has 0 spiro atoms. The number of nitrogens with zero attached hydrogens (tertiary/aromatic N) is 3. The van der Waals surface area contributed by atoms with Crippen molar-refractivity contribution in [2.75, 3.05) is 40.1 Å². The number of benzene rings is 1. The van der Waals surface area contributed by atoms with Crippen LogP contribution in [0.15, 0.2) is 11.2 Å². The zero-order chi connectivity index (χ0) is 36.0. The maximum absolute atomic E-state index is 15.1. The maximum Gasteiger partial charge on any atom is 0.241 e. The molecule has 0 radical (unpaired) electrons. The standard InChI is InChI=1S/C37H56N4O7Si/c1-19-24(38-35(45)25-14-12-13-15-41(25)8)18-26(46-9)22-16-21-17-23-30(40(6)7)32-28(20(2)39-47-32)33(43)37(23,48-49(10,11)36(3,4)5)34(44)29(21)31(42)27(19)22/h18,21,23,25,28-30,32,34,44H,12-17H2,1-11H3,(H,38,45)/t21-,23-,25?,28?,29?,30-,32?,34?,37+/m0/s1. The molecule has 1 amide bonds. The third kappa shape index (κ3) is 5.51. The lowest BCUT2D eigenvalue weighted by Gasteiger charge is -2.61. The average Bonchev–Trinajstić information content (AvgIpc) is 3.39. The summed E-state index contributed by atoms with van der Waals surface area (Å²) in [5.41, 5.74) is 1.35. The minimum Gasteiger partial charge on any atom is -0.496 e. The van der Waals surface area contributed by atoms with Gasteiger partial charge in [-0.25, -0.2) is 0 Å². The van der Waals surface area contributed by atoms with E-state index in [0.29, 0.717) is 41.1 Å². The lowest BCUT2D eigenvalue weighted by Crippen LogP contribution is -2.78. The van der Waals surface area contributed by atoms with Crippen LogP contribution in [0.4, 0.5) is 5.69 Å². The number of nitrogens with one attached hydrogen (secondary N) is 1. The van der Waals surface area contributed by atoms with Crippen molar-refractivity contribution >= 4 is 37.2 Å². The van der Waals surface area contributed by atoms with Crippen LogP contribution in [0.1, 0.15) is 74.9 Å². The fourth-order valence-corrected chi connectivity index (χ4v) is 10.9. The van der Waals surface area contributed by atoms with Gasteiger partial charge in [-0.2, -0.15) is 0 Å². The molecule has 9 atom stereocenters. The highest BCUT2D eigenvalue weighted by Gasteiger charge is 2.72. The number of Topliss-reactive ketones (excluding diaryl/α,β-unsaturated/α-hetero) is 2. The van der Waals surface area contributed by atoms with Crippen molar-refractivity contribution in [3.8, 4) is 5.75 Å². The monoisotopic (exact) mass is 696 g/mol. The number of amides is 1. The highest BCUT2D eigenvalue weighted by Crippen LogP contribution is 2.58. The molecule has 49 heavy (non-hydrogen) atoms. The number of methoxy groups -OCH3 is 1. The van der Waals surface area contributed by atoms with E-state index in [1.54, 1.807) is 14.0 Å². The topological polar surface area (TPSA) is 130 Å². The van der Waals surface area contributed by atoms with Crippen molar-refractivity contribution in [2.24, 2.45) is 28.8 Å². The Morgan fingerprint density at radius 2 is 1.90 bits per heavy atom. The summed E-state index contributed by atoms with van der Waals surface area (Å²) in [4.78, 5) is 53.7. The molecule has 12 heteroatoms. The molecule has 3 fully saturated rings. The molecule has 11 nitrogen and oxygen atoms in total. The van der Waals surface area contributed by atoms with E-state index < -0.39 is 43.9 Å². The molecule has 2 saturated carbocycles. The number of anilines is 1. The first-order valence-electron chi connectivity index (χ1n) is 17.9. The lowest BCUT2D eigenvalue weighted by molar-refractivity contribution is -0.209. The van der Waals surface area contributed by atoms with Crippen LogP contribution >= 0.6 is 0 Å². The molecule has 0 bridgehead atoms. The fraction of sp³-hybridized carbons (Fsp3) is 0.730. The minimum absolute atomic E-state index is 0.108. The van der Waals surface area contributed by atoms with Gasteiger partial charge in [-0.15, -0.1) is 0 Å². The first-order chi connectivity index (χ1) is 22.9. The summed E-state index contributed by atoms with van der Waals surface area (Å²) < 4.78 is 13.2. The number of hydrogen-bond donors (Lipinski definition) is 2. The van der Waals surface area contributed by atoms with E-state index >= 15 is 4.79 Å². The number of ketones is 2. The fourth-order valence-electron chi connectivity index (χ4n) is 9.38. The molecule has 270 valence electrons. The van der Waals surface area contributed by atoms with Gasteiger partial charge in [-0.05, 0) is 96.8 Å². The molecular formula is C37H56N4O7Si. The van der Waals surface area contributed by atoms with Crippen LogP contribution in [0.5, 0.6) is 5.75 Å². The van der Waals surface area contributed by atoms with Crippen molar-refractivity contribution in [1.29, 1.82) is 0 Å². The van der Waals surface area contributed by atoms with E-state index in [9.17, 15) is 14.7 Å². The predicted molar refractivity (Wildman–Crippen MR) is 191 cm³/mol. The molecule has 2 N–H and O–H groups in total. The molecule has 1 aromatic carbocycles.